The molecule has 0 unspecified atom stereocenters. The van der Waals surface area contributed by atoms with Crippen LogP contribution in [0.4, 0.5) is 0 Å². The Morgan fingerprint density at radius 3 is 3.09 bits per heavy atom. The number of rotatable bonds is 5. The standard InChI is InChI=1S/C16H21ClN2O3/c1-11(2)3-6-22-15-10-21-5-4-14(15)19-16(20)12-7-13(17)9-18-8-12/h3,7-9,14-15H,4-6,10H2,1-2H3,(H,19,20)/t14-,15-/m1/s1. The van der Waals surface area contributed by atoms with Gasteiger partial charge in [0.1, 0.15) is 6.10 Å². The zero-order valence-electron chi connectivity index (χ0n) is 12.8. The van der Waals surface area contributed by atoms with E-state index in [1.165, 1.54) is 18.0 Å². The second kappa shape index (κ2) is 8.27. The summed E-state index contributed by atoms with van der Waals surface area (Å²) in [5.41, 5.74) is 1.64. The Morgan fingerprint density at radius 2 is 2.36 bits per heavy atom. The lowest BCUT2D eigenvalue weighted by atomic mass is 10.1. The summed E-state index contributed by atoms with van der Waals surface area (Å²) in [6, 6.07) is 1.52. The van der Waals surface area contributed by atoms with Crippen LogP contribution in [0.25, 0.3) is 0 Å². The number of pyridine rings is 1. The molecule has 22 heavy (non-hydrogen) atoms. The van der Waals surface area contributed by atoms with E-state index in [-0.39, 0.29) is 18.1 Å². The third-order valence-electron chi connectivity index (χ3n) is 3.39. The fourth-order valence-electron chi connectivity index (χ4n) is 2.17. The van der Waals surface area contributed by atoms with Crippen LogP contribution in [-0.2, 0) is 9.47 Å². The van der Waals surface area contributed by atoms with Crippen molar-refractivity contribution in [2.45, 2.75) is 32.4 Å². The van der Waals surface area contributed by atoms with Crippen LogP contribution in [0.1, 0.15) is 30.6 Å². The molecule has 0 aliphatic carbocycles. The van der Waals surface area contributed by atoms with Crippen molar-refractivity contribution < 1.29 is 14.3 Å². The molecule has 0 saturated carbocycles. The molecule has 1 aromatic heterocycles. The molecular formula is C16H21ClN2O3. The van der Waals surface area contributed by atoms with Crippen LogP contribution in [0, 0.1) is 0 Å². The van der Waals surface area contributed by atoms with E-state index < -0.39 is 0 Å². The minimum absolute atomic E-state index is 0.0780. The number of ether oxygens (including phenoxy) is 2. The summed E-state index contributed by atoms with van der Waals surface area (Å²) in [6.45, 7) is 5.65. The number of hydrogen-bond donors (Lipinski definition) is 1. The molecule has 0 radical (unpaired) electrons. The Kier molecular flexibility index (Phi) is 6.36. The monoisotopic (exact) mass is 324 g/mol. The molecule has 6 heteroatoms. The normalized spacial score (nSPS) is 21.2. The lowest BCUT2D eigenvalue weighted by Crippen LogP contribution is -2.50. The van der Waals surface area contributed by atoms with Crippen LogP contribution in [0.3, 0.4) is 0 Å². The van der Waals surface area contributed by atoms with Crippen LogP contribution in [-0.4, -0.2) is 42.9 Å². The number of allylic oxidation sites excluding steroid dienone is 1. The Morgan fingerprint density at radius 1 is 1.55 bits per heavy atom. The van der Waals surface area contributed by atoms with E-state index in [4.69, 9.17) is 21.1 Å². The number of aromatic nitrogens is 1. The number of carbonyl (C=O) groups is 1. The molecule has 2 heterocycles. The number of nitrogens with one attached hydrogen (secondary N) is 1. The molecule has 1 amide bonds. The van der Waals surface area contributed by atoms with Gasteiger partial charge in [-0.1, -0.05) is 23.3 Å². The lowest BCUT2D eigenvalue weighted by Gasteiger charge is -2.31. The molecule has 1 aliphatic heterocycles. The summed E-state index contributed by atoms with van der Waals surface area (Å²) < 4.78 is 11.3. The van der Waals surface area contributed by atoms with Gasteiger partial charge < -0.3 is 14.8 Å². The highest BCUT2D eigenvalue weighted by molar-refractivity contribution is 6.30. The molecule has 5 nitrogen and oxygen atoms in total. The van der Waals surface area contributed by atoms with Crippen molar-refractivity contribution in [3.05, 3.63) is 40.7 Å². The first-order valence-corrected chi connectivity index (χ1v) is 7.68. The van der Waals surface area contributed by atoms with E-state index in [1.807, 2.05) is 19.9 Å². The predicted molar refractivity (Wildman–Crippen MR) is 85.1 cm³/mol. The summed E-state index contributed by atoms with van der Waals surface area (Å²) in [5.74, 6) is -0.197. The molecule has 0 bridgehead atoms. The smallest absolute Gasteiger partial charge is 0.253 e. The maximum atomic E-state index is 12.3. The molecule has 0 aromatic carbocycles. The number of nitrogens with zero attached hydrogens (tertiary/aromatic N) is 1. The summed E-state index contributed by atoms with van der Waals surface area (Å²) in [6.07, 6.45) is 5.58. The van der Waals surface area contributed by atoms with Gasteiger partial charge in [0.15, 0.2) is 0 Å². The van der Waals surface area contributed by atoms with Gasteiger partial charge in [0.05, 0.1) is 29.8 Å². The highest BCUT2D eigenvalue weighted by Gasteiger charge is 2.28. The minimum Gasteiger partial charge on any atom is -0.379 e. The lowest BCUT2D eigenvalue weighted by molar-refractivity contribution is -0.0589. The van der Waals surface area contributed by atoms with Gasteiger partial charge in [0.2, 0.25) is 0 Å². The van der Waals surface area contributed by atoms with Gasteiger partial charge in [-0.25, -0.2) is 0 Å². The molecule has 120 valence electrons. The van der Waals surface area contributed by atoms with Crippen molar-refractivity contribution in [3.8, 4) is 0 Å². The van der Waals surface area contributed by atoms with Gasteiger partial charge in [-0.05, 0) is 26.3 Å². The molecular weight excluding hydrogens is 304 g/mol. The Bertz CT molecular complexity index is 544. The first kappa shape index (κ1) is 16.9. The summed E-state index contributed by atoms with van der Waals surface area (Å²) >= 11 is 5.86. The molecule has 2 rings (SSSR count). The average Bonchev–Trinajstić information content (AvgIpc) is 2.48. The van der Waals surface area contributed by atoms with E-state index in [2.05, 4.69) is 10.3 Å². The zero-order chi connectivity index (χ0) is 15.9. The first-order chi connectivity index (χ1) is 10.6. The fraction of sp³-hybridized carbons (Fsp3) is 0.500. The number of halogens is 1. The number of hydrogen-bond acceptors (Lipinski definition) is 4. The number of amides is 1. The maximum Gasteiger partial charge on any atom is 0.253 e. The minimum atomic E-state index is -0.197. The van der Waals surface area contributed by atoms with Gasteiger partial charge in [-0.15, -0.1) is 0 Å². The molecule has 1 fully saturated rings. The van der Waals surface area contributed by atoms with Crippen molar-refractivity contribution in [2.24, 2.45) is 0 Å². The SMILES string of the molecule is CC(C)=CCO[C@@H]1COCC[C@H]1NC(=O)c1cncc(Cl)c1. The average molecular weight is 325 g/mol. The quantitative estimate of drug-likeness (QED) is 0.846. The van der Waals surface area contributed by atoms with Crippen molar-refractivity contribution in [3.63, 3.8) is 0 Å². The molecule has 1 aromatic rings. The third kappa shape index (κ3) is 5.09. The molecule has 1 aliphatic rings. The number of carbonyl (C=O) groups excluding carboxylic acids is 1. The maximum absolute atomic E-state index is 12.3. The van der Waals surface area contributed by atoms with Crippen molar-refractivity contribution in [2.75, 3.05) is 19.8 Å². The first-order valence-electron chi connectivity index (χ1n) is 7.30. The van der Waals surface area contributed by atoms with E-state index in [0.29, 0.717) is 30.4 Å². The second-order valence-electron chi connectivity index (χ2n) is 5.49. The van der Waals surface area contributed by atoms with Gasteiger partial charge in [0, 0.05) is 19.0 Å². The Hall–Kier alpha value is -1.43. The Labute approximate surface area is 135 Å². The van der Waals surface area contributed by atoms with Crippen LogP contribution in [0.2, 0.25) is 5.02 Å². The van der Waals surface area contributed by atoms with Gasteiger partial charge in [0.25, 0.3) is 5.91 Å². The van der Waals surface area contributed by atoms with Crippen molar-refractivity contribution in [1.82, 2.24) is 10.3 Å². The largest absolute Gasteiger partial charge is 0.379 e. The summed E-state index contributed by atoms with van der Waals surface area (Å²) in [4.78, 5) is 16.2. The summed E-state index contributed by atoms with van der Waals surface area (Å²) in [5, 5.41) is 3.43. The molecule has 2 atom stereocenters. The van der Waals surface area contributed by atoms with E-state index in [1.54, 1.807) is 6.07 Å². The van der Waals surface area contributed by atoms with Gasteiger partial charge in [-0.2, -0.15) is 0 Å². The summed E-state index contributed by atoms with van der Waals surface area (Å²) in [7, 11) is 0. The highest BCUT2D eigenvalue weighted by atomic mass is 35.5. The van der Waals surface area contributed by atoms with Crippen molar-refractivity contribution >= 4 is 17.5 Å². The van der Waals surface area contributed by atoms with E-state index in [9.17, 15) is 4.79 Å². The van der Waals surface area contributed by atoms with Crippen LogP contribution < -0.4 is 5.32 Å². The second-order valence-corrected chi connectivity index (χ2v) is 5.93. The third-order valence-corrected chi connectivity index (χ3v) is 3.60. The van der Waals surface area contributed by atoms with Gasteiger partial charge >= 0.3 is 0 Å². The van der Waals surface area contributed by atoms with Crippen molar-refractivity contribution in [1.29, 1.82) is 0 Å². The van der Waals surface area contributed by atoms with Gasteiger partial charge in [-0.3, -0.25) is 9.78 Å². The topological polar surface area (TPSA) is 60.5 Å². The van der Waals surface area contributed by atoms with Crippen LogP contribution in [0.5, 0.6) is 0 Å². The van der Waals surface area contributed by atoms with Crippen LogP contribution in [0.15, 0.2) is 30.1 Å². The fourth-order valence-corrected chi connectivity index (χ4v) is 2.34. The van der Waals surface area contributed by atoms with E-state index in [0.717, 1.165) is 6.42 Å². The molecule has 0 spiro atoms. The highest BCUT2D eigenvalue weighted by Crippen LogP contribution is 2.14. The Balaban J connectivity index is 1.96. The van der Waals surface area contributed by atoms with Crippen LogP contribution >= 0.6 is 11.6 Å². The predicted octanol–water partition coefficient (Wildman–Crippen LogP) is 2.61. The van der Waals surface area contributed by atoms with E-state index >= 15 is 0 Å². The molecule has 1 N–H and O–H groups in total. The zero-order valence-corrected chi connectivity index (χ0v) is 13.6. The molecule has 1 saturated heterocycles.